The molecular weight excluding hydrogens is 254 g/mol. The van der Waals surface area contributed by atoms with Gasteiger partial charge in [0, 0.05) is 13.1 Å². The molecule has 0 aliphatic carbocycles. The predicted molar refractivity (Wildman–Crippen MR) is 75.4 cm³/mol. The van der Waals surface area contributed by atoms with Gasteiger partial charge in [0.15, 0.2) is 0 Å². The second-order valence-electron chi connectivity index (χ2n) is 5.15. The van der Waals surface area contributed by atoms with Gasteiger partial charge in [-0.25, -0.2) is 0 Å². The van der Waals surface area contributed by atoms with Gasteiger partial charge in [0.1, 0.15) is 0 Å². The third kappa shape index (κ3) is 2.25. The third-order valence-electron chi connectivity index (χ3n) is 3.81. The second-order valence-corrected chi connectivity index (χ2v) is 5.15. The first-order valence-electron chi connectivity index (χ1n) is 6.62. The minimum Gasteiger partial charge on any atom is -0.481 e. The van der Waals surface area contributed by atoms with E-state index in [0.29, 0.717) is 19.5 Å². The number of likely N-dealkylation sites (tertiary alicyclic amines) is 1. The summed E-state index contributed by atoms with van der Waals surface area (Å²) in [6, 6.07) is 13.9. The number of carbonyl (C=O) groups excluding carboxylic acids is 1. The van der Waals surface area contributed by atoms with Crippen molar-refractivity contribution in [1.29, 1.82) is 0 Å². The van der Waals surface area contributed by atoms with Crippen molar-refractivity contribution < 1.29 is 14.7 Å². The number of fused-ring (bicyclic) bond motifs is 1. The molecule has 0 aromatic heterocycles. The summed E-state index contributed by atoms with van der Waals surface area (Å²) in [5.41, 5.74) is 0.992. The molecule has 4 heteroatoms. The van der Waals surface area contributed by atoms with Gasteiger partial charge in [-0.3, -0.25) is 9.59 Å². The van der Waals surface area contributed by atoms with E-state index in [2.05, 4.69) is 0 Å². The van der Waals surface area contributed by atoms with Crippen molar-refractivity contribution in [3.8, 4) is 0 Å². The van der Waals surface area contributed by atoms with Crippen LogP contribution in [0.1, 0.15) is 5.56 Å². The maximum Gasteiger partial charge on any atom is 0.310 e. The zero-order chi connectivity index (χ0) is 14.1. The lowest BCUT2D eigenvalue weighted by Gasteiger charge is -2.36. The molecule has 1 aliphatic rings. The molecular formula is C16H15NO3. The first-order chi connectivity index (χ1) is 9.65. The fraction of sp³-hybridized carbons (Fsp3) is 0.250. The summed E-state index contributed by atoms with van der Waals surface area (Å²) in [6.45, 7) is 0.665. The smallest absolute Gasteiger partial charge is 0.310 e. The number of nitrogens with zero attached hydrogens (tertiary/aromatic N) is 1. The molecule has 1 heterocycles. The van der Waals surface area contributed by atoms with E-state index in [-0.39, 0.29) is 5.91 Å². The highest BCUT2D eigenvalue weighted by atomic mass is 16.4. The van der Waals surface area contributed by atoms with E-state index in [9.17, 15) is 9.59 Å². The highest BCUT2D eigenvalue weighted by Gasteiger charge is 2.35. The fourth-order valence-electron chi connectivity index (χ4n) is 2.56. The van der Waals surface area contributed by atoms with E-state index in [4.69, 9.17) is 5.11 Å². The Labute approximate surface area is 116 Å². The average Bonchev–Trinajstić information content (AvgIpc) is 2.37. The maximum absolute atomic E-state index is 12.1. The minimum absolute atomic E-state index is 0.00106. The molecule has 0 radical (unpaired) electrons. The Kier molecular flexibility index (Phi) is 3.14. The zero-order valence-corrected chi connectivity index (χ0v) is 11.0. The van der Waals surface area contributed by atoms with Crippen LogP contribution >= 0.6 is 0 Å². The number of carbonyl (C=O) groups is 2. The first-order valence-corrected chi connectivity index (χ1v) is 6.62. The number of rotatable bonds is 3. The third-order valence-corrected chi connectivity index (χ3v) is 3.81. The van der Waals surface area contributed by atoms with Gasteiger partial charge in [-0.15, -0.1) is 0 Å². The van der Waals surface area contributed by atoms with E-state index in [1.54, 1.807) is 4.90 Å². The lowest BCUT2D eigenvalue weighted by molar-refractivity contribution is -0.152. The summed E-state index contributed by atoms with van der Waals surface area (Å²) in [6.07, 6.45) is 0.327. The Morgan fingerprint density at radius 2 is 1.80 bits per heavy atom. The van der Waals surface area contributed by atoms with Crippen molar-refractivity contribution in [1.82, 2.24) is 4.90 Å². The molecule has 3 rings (SSSR count). The van der Waals surface area contributed by atoms with Gasteiger partial charge in [0.2, 0.25) is 5.91 Å². The first kappa shape index (κ1) is 12.7. The number of hydrogen-bond donors (Lipinski definition) is 1. The number of aliphatic carboxylic acids is 1. The second kappa shape index (κ2) is 4.96. The van der Waals surface area contributed by atoms with Gasteiger partial charge < -0.3 is 10.0 Å². The molecule has 0 atom stereocenters. The SMILES string of the molecule is O=C(O)C1CN(C(=O)Cc2cccc3ccccc23)C1. The number of hydrogen-bond acceptors (Lipinski definition) is 2. The molecule has 0 saturated carbocycles. The maximum atomic E-state index is 12.1. The number of amides is 1. The molecule has 0 spiro atoms. The van der Waals surface area contributed by atoms with E-state index in [1.807, 2.05) is 42.5 Å². The summed E-state index contributed by atoms with van der Waals surface area (Å²) in [5, 5.41) is 11.0. The van der Waals surface area contributed by atoms with Crippen LogP contribution in [-0.4, -0.2) is 35.0 Å². The van der Waals surface area contributed by atoms with Crippen LogP contribution in [0, 0.1) is 5.92 Å². The van der Waals surface area contributed by atoms with E-state index < -0.39 is 11.9 Å². The molecule has 1 aliphatic heterocycles. The number of carboxylic acids is 1. The van der Waals surface area contributed by atoms with Gasteiger partial charge in [-0.05, 0) is 16.3 Å². The molecule has 0 unspecified atom stereocenters. The summed E-state index contributed by atoms with van der Waals surface area (Å²) >= 11 is 0. The van der Waals surface area contributed by atoms with Gasteiger partial charge in [-0.1, -0.05) is 42.5 Å². The van der Waals surface area contributed by atoms with Crippen molar-refractivity contribution >= 4 is 22.6 Å². The van der Waals surface area contributed by atoms with Crippen LogP contribution in [0.4, 0.5) is 0 Å². The monoisotopic (exact) mass is 269 g/mol. The summed E-state index contributed by atoms with van der Waals surface area (Å²) in [5.74, 6) is -1.22. The molecule has 4 nitrogen and oxygen atoms in total. The van der Waals surface area contributed by atoms with E-state index >= 15 is 0 Å². The van der Waals surface area contributed by atoms with Crippen molar-refractivity contribution in [2.75, 3.05) is 13.1 Å². The Bertz CT molecular complexity index is 669. The summed E-state index contributed by atoms with van der Waals surface area (Å²) in [7, 11) is 0. The highest BCUT2D eigenvalue weighted by Crippen LogP contribution is 2.22. The van der Waals surface area contributed by atoms with E-state index in [0.717, 1.165) is 16.3 Å². The van der Waals surface area contributed by atoms with Crippen molar-refractivity contribution in [2.24, 2.45) is 5.92 Å². The summed E-state index contributed by atoms with van der Waals surface area (Å²) < 4.78 is 0. The number of carboxylic acid groups (broad SMARTS) is 1. The molecule has 2 aromatic carbocycles. The predicted octanol–water partition coefficient (Wildman–Crippen LogP) is 1.93. The lowest BCUT2D eigenvalue weighted by Crippen LogP contribution is -2.53. The molecule has 1 fully saturated rings. The highest BCUT2D eigenvalue weighted by molar-refractivity contribution is 5.91. The molecule has 1 amide bonds. The van der Waals surface area contributed by atoms with Gasteiger partial charge in [-0.2, -0.15) is 0 Å². The molecule has 0 bridgehead atoms. The van der Waals surface area contributed by atoms with E-state index in [1.165, 1.54) is 0 Å². The minimum atomic E-state index is -0.820. The van der Waals surface area contributed by atoms with Gasteiger partial charge >= 0.3 is 5.97 Å². The van der Waals surface area contributed by atoms with Crippen molar-refractivity contribution in [3.63, 3.8) is 0 Å². The molecule has 20 heavy (non-hydrogen) atoms. The molecule has 2 aromatic rings. The Morgan fingerprint density at radius 3 is 2.55 bits per heavy atom. The fourth-order valence-corrected chi connectivity index (χ4v) is 2.56. The van der Waals surface area contributed by atoms with Crippen LogP contribution in [0.25, 0.3) is 10.8 Å². The topological polar surface area (TPSA) is 57.6 Å². The van der Waals surface area contributed by atoms with Crippen molar-refractivity contribution in [3.05, 3.63) is 48.0 Å². The Morgan fingerprint density at radius 1 is 1.10 bits per heavy atom. The molecule has 1 N–H and O–H groups in total. The quantitative estimate of drug-likeness (QED) is 0.926. The van der Waals surface area contributed by atoms with Crippen molar-refractivity contribution in [2.45, 2.75) is 6.42 Å². The van der Waals surface area contributed by atoms with Crippen LogP contribution in [-0.2, 0) is 16.0 Å². The Balaban J connectivity index is 1.74. The van der Waals surface area contributed by atoms with Gasteiger partial charge in [0.05, 0.1) is 12.3 Å². The Hall–Kier alpha value is -2.36. The van der Waals surface area contributed by atoms with Crippen LogP contribution in [0.5, 0.6) is 0 Å². The molecule has 1 saturated heterocycles. The standard InChI is InChI=1S/C16H15NO3/c18-15(17-9-13(10-17)16(19)20)8-12-6-3-5-11-4-1-2-7-14(11)12/h1-7,13H,8-10H2,(H,19,20). The normalized spacial score (nSPS) is 15.1. The van der Waals surface area contributed by atoms with Crippen LogP contribution in [0.15, 0.2) is 42.5 Å². The van der Waals surface area contributed by atoms with Crippen LogP contribution in [0.3, 0.4) is 0 Å². The summed E-state index contributed by atoms with van der Waals surface area (Å²) in [4.78, 5) is 24.5. The average molecular weight is 269 g/mol. The largest absolute Gasteiger partial charge is 0.481 e. The number of benzene rings is 2. The van der Waals surface area contributed by atoms with Crippen LogP contribution < -0.4 is 0 Å². The zero-order valence-electron chi connectivity index (χ0n) is 11.0. The van der Waals surface area contributed by atoms with Crippen LogP contribution in [0.2, 0.25) is 0 Å². The lowest BCUT2D eigenvalue weighted by atomic mass is 9.97. The van der Waals surface area contributed by atoms with Gasteiger partial charge in [0.25, 0.3) is 0 Å². The molecule has 102 valence electrons.